The average Bonchev–Trinajstić information content (AvgIpc) is 2.28. The molecule has 0 fully saturated rings. The van der Waals surface area contributed by atoms with Crippen molar-refractivity contribution >= 4 is 5.78 Å². The van der Waals surface area contributed by atoms with Crippen LogP contribution in [0, 0.1) is 0 Å². The number of hydrogen-bond acceptors (Lipinski definition) is 2. The number of ketones is 1. The lowest BCUT2D eigenvalue weighted by molar-refractivity contribution is -0.118. The van der Waals surface area contributed by atoms with Gasteiger partial charge in [-0.1, -0.05) is 43.3 Å². The second-order valence-electron chi connectivity index (χ2n) is 3.89. The molecular formula is C14H19NO. The summed E-state index contributed by atoms with van der Waals surface area (Å²) in [5.41, 5.74) is 7.59. The number of Topliss-reactive ketones (excluding diaryl/α,β-unsaturated/α-hetero) is 1. The first-order chi connectivity index (χ1) is 7.72. The molecule has 0 saturated heterocycles. The SMILES string of the molecule is CC/C=C(/N)CC(=O)CCc1ccccc1. The summed E-state index contributed by atoms with van der Waals surface area (Å²) in [6.45, 7) is 2.02. The standard InChI is InChI=1S/C14H19NO/c1-2-6-13(15)11-14(16)10-9-12-7-4-3-5-8-12/h3-8H,2,9-11,15H2,1H3/b13-6+. The van der Waals surface area contributed by atoms with Crippen molar-refractivity contribution in [2.24, 2.45) is 5.73 Å². The van der Waals surface area contributed by atoms with Crippen LogP contribution in [0.15, 0.2) is 42.1 Å². The molecule has 2 nitrogen and oxygen atoms in total. The third-order valence-corrected chi connectivity index (χ3v) is 2.40. The molecule has 0 heterocycles. The molecule has 86 valence electrons. The summed E-state index contributed by atoms with van der Waals surface area (Å²) in [6.07, 6.45) is 4.56. The van der Waals surface area contributed by atoms with Crippen LogP contribution in [0.2, 0.25) is 0 Å². The Bertz CT molecular complexity index is 354. The zero-order valence-corrected chi connectivity index (χ0v) is 9.78. The molecule has 0 aromatic heterocycles. The topological polar surface area (TPSA) is 43.1 Å². The number of allylic oxidation sites excluding steroid dienone is 2. The van der Waals surface area contributed by atoms with Crippen molar-refractivity contribution in [1.82, 2.24) is 0 Å². The largest absolute Gasteiger partial charge is 0.402 e. The predicted molar refractivity (Wildman–Crippen MR) is 66.9 cm³/mol. The molecule has 2 heteroatoms. The smallest absolute Gasteiger partial charge is 0.139 e. The maximum absolute atomic E-state index is 11.6. The van der Waals surface area contributed by atoms with E-state index in [1.165, 1.54) is 5.56 Å². The Hall–Kier alpha value is -1.57. The molecule has 16 heavy (non-hydrogen) atoms. The summed E-state index contributed by atoms with van der Waals surface area (Å²) in [5.74, 6) is 0.214. The minimum atomic E-state index is 0.214. The van der Waals surface area contributed by atoms with Gasteiger partial charge in [0.15, 0.2) is 0 Å². The van der Waals surface area contributed by atoms with E-state index in [-0.39, 0.29) is 5.78 Å². The number of nitrogens with two attached hydrogens (primary N) is 1. The molecule has 1 rings (SSSR count). The quantitative estimate of drug-likeness (QED) is 0.796. The molecule has 0 bridgehead atoms. The van der Waals surface area contributed by atoms with Crippen LogP contribution in [0.4, 0.5) is 0 Å². The second-order valence-corrected chi connectivity index (χ2v) is 3.89. The fourth-order valence-electron chi connectivity index (χ4n) is 1.58. The van der Waals surface area contributed by atoms with E-state index in [2.05, 4.69) is 0 Å². The number of aryl methyl sites for hydroxylation is 1. The van der Waals surface area contributed by atoms with Gasteiger partial charge in [-0.3, -0.25) is 4.79 Å². The summed E-state index contributed by atoms with van der Waals surface area (Å²) < 4.78 is 0. The average molecular weight is 217 g/mol. The number of carbonyl (C=O) groups is 1. The van der Waals surface area contributed by atoms with Crippen LogP contribution >= 0.6 is 0 Å². The van der Waals surface area contributed by atoms with Crippen LogP contribution in [0.3, 0.4) is 0 Å². The Kier molecular flexibility index (Phi) is 5.34. The molecule has 0 aliphatic carbocycles. The van der Waals surface area contributed by atoms with Crippen molar-refractivity contribution in [3.63, 3.8) is 0 Å². The van der Waals surface area contributed by atoms with Crippen molar-refractivity contribution in [1.29, 1.82) is 0 Å². The van der Waals surface area contributed by atoms with Crippen LogP contribution in [-0.4, -0.2) is 5.78 Å². The number of hydrogen-bond donors (Lipinski definition) is 1. The van der Waals surface area contributed by atoms with Gasteiger partial charge < -0.3 is 5.73 Å². The minimum absolute atomic E-state index is 0.214. The van der Waals surface area contributed by atoms with Gasteiger partial charge >= 0.3 is 0 Å². The lowest BCUT2D eigenvalue weighted by Gasteiger charge is -2.02. The van der Waals surface area contributed by atoms with Gasteiger partial charge in [0.1, 0.15) is 5.78 Å². The molecule has 1 aromatic carbocycles. The number of carbonyl (C=O) groups excluding carboxylic acids is 1. The molecule has 0 atom stereocenters. The van der Waals surface area contributed by atoms with Gasteiger partial charge in [0.2, 0.25) is 0 Å². The highest BCUT2D eigenvalue weighted by Crippen LogP contribution is 2.06. The Morgan fingerprint density at radius 2 is 2.00 bits per heavy atom. The summed E-state index contributed by atoms with van der Waals surface area (Å²) in [6, 6.07) is 10.0. The number of benzene rings is 1. The van der Waals surface area contributed by atoms with Crippen LogP contribution in [0.1, 0.15) is 31.7 Å². The van der Waals surface area contributed by atoms with Gasteiger partial charge in [-0.15, -0.1) is 0 Å². The molecule has 0 aliphatic rings. The van der Waals surface area contributed by atoms with E-state index in [0.29, 0.717) is 18.5 Å². The van der Waals surface area contributed by atoms with E-state index >= 15 is 0 Å². The zero-order chi connectivity index (χ0) is 11.8. The molecule has 0 unspecified atom stereocenters. The maximum atomic E-state index is 11.6. The Balaban J connectivity index is 2.33. The maximum Gasteiger partial charge on any atom is 0.139 e. The lowest BCUT2D eigenvalue weighted by atomic mass is 10.1. The molecule has 0 aliphatic heterocycles. The molecule has 0 radical (unpaired) electrons. The summed E-state index contributed by atoms with van der Waals surface area (Å²) in [5, 5.41) is 0. The Morgan fingerprint density at radius 3 is 2.62 bits per heavy atom. The van der Waals surface area contributed by atoms with Crippen LogP contribution in [-0.2, 0) is 11.2 Å². The van der Waals surface area contributed by atoms with Gasteiger partial charge in [-0.25, -0.2) is 0 Å². The predicted octanol–water partition coefficient (Wildman–Crippen LogP) is 2.83. The van der Waals surface area contributed by atoms with Crippen molar-refractivity contribution in [3.8, 4) is 0 Å². The van der Waals surface area contributed by atoms with E-state index in [0.717, 1.165) is 12.8 Å². The monoisotopic (exact) mass is 217 g/mol. The van der Waals surface area contributed by atoms with Crippen LogP contribution in [0.5, 0.6) is 0 Å². The van der Waals surface area contributed by atoms with Gasteiger partial charge in [0.25, 0.3) is 0 Å². The molecular weight excluding hydrogens is 198 g/mol. The summed E-state index contributed by atoms with van der Waals surface area (Å²) in [4.78, 5) is 11.6. The highest BCUT2D eigenvalue weighted by Gasteiger charge is 2.03. The first-order valence-corrected chi connectivity index (χ1v) is 5.72. The first-order valence-electron chi connectivity index (χ1n) is 5.72. The Morgan fingerprint density at radius 1 is 1.31 bits per heavy atom. The highest BCUT2D eigenvalue weighted by atomic mass is 16.1. The van der Waals surface area contributed by atoms with Crippen molar-refractivity contribution < 1.29 is 4.79 Å². The van der Waals surface area contributed by atoms with E-state index in [1.54, 1.807) is 0 Å². The van der Waals surface area contributed by atoms with Crippen LogP contribution in [0.25, 0.3) is 0 Å². The van der Waals surface area contributed by atoms with Gasteiger partial charge in [-0.05, 0) is 18.4 Å². The highest BCUT2D eigenvalue weighted by molar-refractivity contribution is 5.80. The third kappa shape index (κ3) is 4.78. The fourth-order valence-corrected chi connectivity index (χ4v) is 1.58. The molecule has 1 aromatic rings. The minimum Gasteiger partial charge on any atom is -0.402 e. The van der Waals surface area contributed by atoms with Gasteiger partial charge in [0.05, 0.1) is 0 Å². The summed E-state index contributed by atoms with van der Waals surface area (Å²) in [7, 11) is 0. The van der Waals surface area contributed by atoms with E-state index in [4.69, 9.17) is 5.73 Å². The van der Waals surface area contributed by atoms with Gasteiger partial charge in [0, 0.05) is 18.5 Å². The Labute approximate surface area is 97.2 Å². The first kappa shape index (κ1) is 12.5. The molecule has 2 N–H and O–H groups in total. The van der Waals surface area contributed by atoms with Crippen molar-refractivity contribution in [3.05, 3.63) is 47.7 Å². The van der Waals surface area contributed by atoms with E-state index < -0.39 is 0 Å². The fraction of sp³-hybridized carbons (Fsp3) is 0.357. The number of rotatable bonds is 6. The summed E-state index contributed by atoms with van der Waals surface area (Å²) >= 11 is 0. The molecule has 0 amide bonds. The van der Waals surface area contributed by atoms with Crippen molar-refractivity contribution in [2.75, 3.05) is 0 Å². The third-order valence-electron chi connectivity index (χ3n) is 2.40. The normalized spacial score (nSPS) is 11.4. The van der Waals surface area contributed by atoms with Crippen molar-refractivity contribution in [2.45, 2.75) is 32.6 Å². The second kappa shape index (κ2) is 6.83. The lowest BCUT2D eigenvalue weighted by Crippen LogP contribution is -2.07. The van der Waals surface area contributed by atoms with E-state index in [1.807, 2.05) is 43.3 Å². The molecule has 0 saturated carbocycles. The molecule has 0 spiro atoms. The van der Waals surface area contributed by atoms with Crippen LogP contribution < -0.4 is 5.73 Å². The zero-order valence-electron chi connectivity index (χ0n) is 9.78. The van der Waals surface area contributed by atoms with Gasteiger partial charge in [-0.2, -0.15) is 0 Å². The van der Waals surface area contributed by atoms with E-state index in [9.17, 15) is 4.79 Å².